The summed E-state index contributed by atoms with van der Waals surface area (Å²) in [5, 5.41) is 0. The SMILES string of the molecule is C.CCCCCOc1ccc(-c2ccc(OCCCN3CCCCC3)cc2)cc1. The Hall–Kier alpha value is -2.00. The van der Waals surface area contributed by atoms with Crippen molar-refractivity contribution in [2.24, 2.45) is 0 Å². The second-order valence-corrected chi connectivity index (χ2v) is 7.71. The Morgan fingerprint density at radius 1 is 0.690 bits per heavy atom. The molecule has 29 heavy (non-hydrogen) atoms. The third-order valence-corrected chi connectivity index (χ3v) is 5.39. The summed E-state index contributed by atoms with van der Waals surface area (Å²) in [6.45, 7) is 7.48. The average Bonchev–Trinajstić information content (AvgIpc) is 2.76. The molecule has 0 amide bonds. The summed E-state index contributed by atoms with van der Waals surface area (Å²) in [6.07, 6.45) is 8.78. The molecule has 3 nitrogen and oxygen atoms in total. The summed E-state index contributed by atoms with van der Waals surface area (Å²) < 4.78 is 11.7. The highest BCUT2D eigenvalue weighted by Crippen LogP contribution is 2.25. The van der Waals surface area contributed by atoms with Crippen molar-refractivity contribution < 1.29 is 9.47 Å². The number of hydrogen-bond acceptors (Lipinski definition) is 3. The molecule has 1 heterocycles. The van der Waals surface area contributed by atoms with Crippen LogP contribution in [0.2, 0.25) is 0 Å². The number of nitrogens with zero attached hydrogens (tertiary/aromatic N) is 1. The van der Waals surface area contributed by atoms with Gasteiger partial charge in [0.05, 0.1) is 13.2 Å². The van der Waals surface area contributed by atoms with Gasteiger partial charge in [0.25, 0.3) is 0 Å². The molecule has 0 N–H and O–H groups in total. The molecule has 3 rings (SSSR count). The average molecular weight is 398 g/mol. The van der Waals surface area contributed by atoms with Crippen LogP contribution < -0.4 is 9.47 Å². The van der Waals surface area contributed by atoms with Gasteiger partial charge in [-0.25, -0.2) is 0 Å². The predicted molar refractivity (Wildman–Crippen MR) is 124 cm³/mol. The Labute approximate surface area is 178 Å². The smallest absolute Gasteiger partial charge is 0.119 e. The number of rotatable bonds is 11. The third-order valence-electron chi connectivity index (χ3n) is 5.39. The first-order chi connectivity index (χ1) is 13.8. The van der Waals surface area contributed by atoms with E-state index in [1.807, 2.05) is 0 Å². The van der Waals surface area contributed by atoms with Gasteiger partial charge in [-0.05, 0) is 74.2 Å². The molecule has 0 radical (unpaired) electrons. The van der Waals surface area contributed by atoms with Crippen LogP contribution in [0.25, 0.3) is 11.1 Å². The minimum absolute atomic E-state index is 0. The van der Waals surface area contributed by atoms with Gasteiger partial charge < -0.3 is 14.4 Å². The number of hydrogen-bond donors (Lipinski definition) is 0. The summed E-state index contributed by atoms with van der Waals surface area (Å²) in [7, 11) is 0. The highest BCUT2D eigenvalue weighted by Gasteiger charge is 2.09. The highest BCUT2D eigenvalue weighted by molar-refractivity contribution is 5.64. The van der Waals surface area contributed by atoms with Gasteiger partial charge in [0.15, 0.2) is 0 Å². The largest absolute Gasteiger partial charge is 0.494 e. The van der Waals surface area contributed by atoms with Crippen LogP contribution in [0.5, 0.6) is 11.5 Å². The maximum Gasteiger partial charge on any atom is 0.119 e. The van der Waals surface area contributed by atoms with Gasteiger partial charge in [-0.2, -0.15) is 0 Å². The Balaban J connectivity index is 0.00000300. The van der Waals surface area contributed by atoms with Gasteiger partial charge >= 0.3 is 0 Å². The predicted octanol–water partition coefficient (Wildman–Crippen LogP) is 6.81. The van der Waals surface area contributed by atoms with Crippen molar-refractivity contribution in [1.29, 1.82) is 0 Å². The molecule has 0 unspecified atom stereocenters. The number of piperidine rings is 1. The Bertz CT molecular complexity index is 660. The fraction of sp³-hybridized carbons (Fsp3) is 0.538. The topological polar surface area (TPSA) is 21.7 Å². The number of benzene rings is 2. The zero-order chi connectivity index (χ0) is 19.4. The monoisotopic (exact) mass is 397 g/mol. The van der Waals surface area contributed by atoms with Crippen molar-refractivity contribution in [3.05, 3.63) is 48.5 Å². The van der Waals surface area contributed by atoms with E-state index in [2.05, 4.69) is 60.4 Å². The molecule has 0 atom stereocenters. The molecule has 160 valence electrons. The highest BCUT2D eigenvalue weighted by atomic mass is 16.5. The number of unbranched alkanes of at least 4 members (excludes halogenated alkanes) is 2. The maximum absolute atomic E-state index is 5.92. The molecular formula is C26H39NO2. The van der Waals surface area contributed by atoms with Gasteiger partial charge in [0.1, 0.15) is 11.5 Å². The molecule has 2 aromatic rings. The van der Waals surface area contributed by atoms with Gasteiger partial charge in [0, 0.05) is 6.54 Å². The zero-order valence-corrected chi connectivity index (χ0v) is 17.4. The Morgan fingerprint density at radius 2 is 1.21 bits per heavy atom. The van der Waals surface area contributed by atoms with Crippen LogP contribution in [0, 0.1) is 0 Å². The minimum Gasteiger partial charge on any atom is -0.494 e. The summed E-state index contributed by atoms with van der Waals surface area (Å²) in [5.74, 6) is 1.91. The second-order valence-electron chi connectivity index (χ2n) is 7.71. The molecule has 0 aromatic heterocycles. The first-order valence-corrected chi connectivity index (χ1v) is 11.0. The standard InChI is InChI=1S/C25H35NO2.CH4/c1-2-3-7-20-27-24-13-9-22(10-14-24)23-11-15-25(16-12-23)28-21-8-19-26-17-5-4-6-18-26;/h9-16H,2-8,17-21H2,1H3;1H4. The quantitative estimate of drug-likeness (QED) is 0.389. The van der Waals surface area contributed by atoms with Crippen LogP contribution in [0.3, 0.4) is 0 Å². The van der Waals surface area contributed by atoms with E-state index >= 15 is 0 Å². The van der Waals surface area contributed by atoms with E-state index < -0.39 is 0 Å². The molecule has 0 saturated carbocycles. The normalized spacial score (nSPS) is 14.2. The number of ether oxygens (including phenoxy) is 2. The molecule has 1 aliphatic heterocycles. The zero-order valence-electron chi connectivity index (χ0n) is 17.4. The molecule has 1 fully saturated rings. The third kappa shape index (κ3) is 8.10. The first-order valence-electron chi connectivity index (χ1n) is 11.0. The van der Waals surface area contributed by atoms with E-state index in [0.29, 0.717) is 0 Å². The van der Waals surface area contributed by atoms with Gasteiger partial charge in [-0.1, -0.05) is 57.9 Å². The number of likely N-dealkylation sites (tertiary alicyclic amines) is 1. The molecule has 1 saturated heterocycles. The molecule has 0 spiro atoms. The fourth-order valence-corrected chi connectivity index (χ4v) is 3.69. The van der Waals surface area contributed by atoms with E-state index in [4.69, 9.17) is 9.47 Å². The lowest BCUT2D eigenvalue weighted by atomic mass is 10.1. The van der Waals surface area contributed by atoms with Crippen LogP contribution >= 0.6 is 0 Å². The van der Waals surface area contributed by atoms with Crippen molar-refractivity contribution in [1.82, 2.24) is 4.90 Å². The van der Waals surface area contributed by atoms with Crippen LogP contribution in [0.1, 0.15) is 59.3 Å². The second kappa shape index (κ2) is 13.3. The van der Waals surface area contributed by atoms with E-state index in [9.17, 15) is 0 Å². The van der Waals surface area contributed by atoms with E-state index in [1.54, 1.807) is 0 Å². The molecule has 3 heteroatoms. The van der Waals surface area contributed by atoms with E-state index in [1.165, 1.54) is 56.3 Å². The van der Waals surface area contributed by atoms with Crippen molar-refractivity contribution in [2.75, 3.05) is 32.8 Å². The van der Waals surface area contributed by atoms with Crippen molar-refractivity contribution in [3.8, 4) is 22.6 Å². The van der Waals surface area contributed by atoms with Gasteiger partial charge in [-0.15, -0.1) is 0 Å². The fourth-order valence-electron chi connectivity index (χ4n) is 3.69. The van der Waals surface area contributed by atoms with Gasteiger partial charge in [0.2, 0.25) is 0 Å². The van der Waals surface area contributed by atoms with Crippen LogP contribution in [0.15, 0.2) is 48.5 Å². The summed E-state index contributed by atoms with van der Waals surface area (Å²) in [4.78, 5) is 2.56. The van der Waals surface area contributed by atoms with Crippen LogP contribution in [-0.2, 0) is 0 Å². The minimum atomic E-state index is 0. The summed E-state index contributed by atoms with van der Waals surface area (Å²) in [5.41, 5.74) is 2.41. The van der Waals surface area contributed by atoms with E-state index in [0.717, 1.165) is 44.1 Å². The Kier molecular flexibility index (Phi) is 10.6. The molecule has 1 aliphatic rings. The molecule has 0 bridgehead atoms. The first kappa shape index (κ1) is 23.3. The van der Waals surface area contributed by atoms with Crippen molar-refractivity contribution in [2.45, 2.75) is 59.3 Å². The molecule has 2 aromatic carbocycles. The van der Waals surface area contributed by atoms with Crippen LogP contribution in [0.4, 0.5) is 0 Å². The lowest BCUT2D eigenvalue weighted by Crippen LogP contribution is -2.31. The van der Waals surface area contributed by atoms with Crippen molar-refractivity contribution >= 4 is 0 Å². The van der Waals surface area contributed by atoms with Crippen LogP contribution in [-0.4, -0.2) is 37.7 Å². The Morgan fingerprint density at radius 3 is 1.72 bits per heavy atom. The van der Waals surface area contributed by atoms with Crippen molar-refractivity contribution in [3.63, 3.8) is 0 Å². The van der Waals surface area contributed by atoms with Gasteiger partial charge in [-0.3, -0.25) is 0 Å². The molecule has 0 aliphatic carbocycles. The van der Waals surface area contributed by atoms with E-state index in [-0.39, 0.29) is 7.43 Å². The lowest BCUT2D eigenvalue weighted by molar-refractivity contribution is 0.205. The summed E-state index contributed by atoms with van der Waals surface area (Å²) >= 11 is 0. The maximum atomic E-state index is 5.92. The summed E-state index contributed by atoms with van der Waals surface area (Å²) in [6, 6.07) is 16.8. The molecular weight excluding hydrogens is 358 g/mol. The lowest BCUT2D eigenvalue weighted by Gasteiger charge is -2.26.